The molecular weight excluding hydrogens is 346 g/mol. The van der Waals surface area contributed by atoms with E-state index in [0.717, 1.165) is 31.4 Å². The van der Waals surface area contributed by atoms with Gasteiger partial charge in [-0.1, -0.05) is 11.2 Å². The number of amides is 1. The first-order valence-corrected chi connectivity index (χ1v) is 9.58. The van der Waals surface area contributed by atoms with Crippen molar-refractivity contribution < 1.29 is 18.8 Å². The lowest BCUT2D eigenvalue weighted by Crippen LogP contribution is -2.26. The predicted octanol–water partition coefficient (Wildman–Crippen LogP) is 2.53. The standard InChI is InChI=1S/C20H21N3O4/c24-18-9-15(10-23(18)16-7-6-12-2-1-3-14(12)8-16)20(25)26-11-17-21-19(27-22-17)13-4-5-13/h6-8,13,15H,1-5,9-11H2/t15-/m1/s1. The molecule has 0 bridgehead atoms. The summed E-state index contributed by atoms with van der Waals surface area (Å²) < 4.78 is 10.5. The monoisotopic (exact) mass is 367 g/mol. The fourth-order valence-corrected chi connectivity index (χ4v) is 3.92. The molecule has 1 aromatic heterocycles. The molecule has 0 unspecified atom stereocenters. The van der Waals surface area contributed by atoms with E-state index in [1.807, 2.05) is 6.07 Å². The molecule has 2 aliphatic carbocycles. The Hall–Kier alpha value is -2.70. The zero-order valence-corrected chi connectivity index (χ0v) is 15.0. The molecule has 1 aromatic carbocycles. The van der Waals surface area contributed by atoms with Gasteiger partial charge >= 0.3 is 5.97 Å². The summed E-state index contributed by atoms with van der Waals surface area (Å²) in [7, 11) is 0. The molecular formula is C20H21N3O4. The molecule has 1 aliphatic heterocycles. The van der Waals surface area contributed by atoms with Crippen LogP contribution in [0.25, 0.3) is 0 Å². The molecule has 5 rings (SSSR count). The smallest absolute Gasteiger partial charge is 0.311 e. The Bertz CT molecular complexity index is 902. The van der Waals surface area contributed by atoms with Crippen LogP contribution in [0.1, 0.15) is 54.4 Å². The van der Waals surface area contributed by atoms with Crippen LogP contribution >= 0.6 is 0 Å². The van der Waals surface area contributed by atoms with E-state index in [2.05, 4.69) is 22.3 Å². The van der Waals surface area contributed by atoms with E-state index in [9.17, 15) is 9.59 Å². The van der Waals surface area contributed by atoms with Gasteiger partial charge in [-0.25, -0.2) is 0 Å². The highest BCUT2D eigenvalue weighted by Crippen LogP contribution is 2.38. The second-order valence-corrected chi connectivity index (χ2v) is 7.64. The molecule has 1 saturated carbocycles. The predicted molar refractivity (Wildman–Crippen MR) is 95.0 cm³/mol. The number of aryl methyl sites for hydroxylation is 2. The molecule has 7 nitrogen and oxygen atoms in total. The van der Waals surface area contributed by atoms with Gasteiger partial charge in [0.1, 0.15) is 0 Å². The number of rotatable bonds is 5. The third-order valence-corrected chi connectivity index (χ3v) is 5.61. The van der Waals surface area contributed by atoms with E-state index in [0.29, 0.717) is 24.2 Å². The second kappa shape index (κ2) is 6.48. The Balaban J connectivity index is 1.21. The van der Waals surface area contributed by atoms with Crippen molar-refractivity contribution in [3.63, 3.8) is 0 Å². The van der Waals surface area contributed by atoms with E-state index >= 15 is 0 Å². The highest BCUT2D eigenvalue weighted by molar-refractivity contribution is 5.99. The summed E-state index contributed by atoms with van der Waals surface area (Å²) in [6.45, 7) is 0.342. The van der Waals surface area contributed by atoms with Gasteiger partial charge < -0.3 is 14.2 Å². The molecule has 27 heavy (non-hydrogen) atoms. The first-order valence-electron chi connectivity index (χ1n) is 9.58. The zero-order chi connectivity index (χ0) is 18.4. The van der Waals surface area contributed by atoms with E-state index in [1.54, 1.807) is 4.90 Å². The van der Waals surface area contributed by atoms with Crippen molar-refractivity contribution in [2.75, 3.05) is 11.4 Å². The number of esters is 1. The third kappa shape index (κ3) is 3.22. The van der Waals surface area contributed by atoms with Crippen molar-refractivity contribution in [1.29, 1.82) is 0 Å². The summed E-state index contributed by atoms with van der Waals surface area (Å²) in [4.78, 5) is 30.8. The van der Waals surface area contributed by atoms with Crippen molar-refractivity contribution >= 4 is 17.6 Å². The lowest BCUT2D eigenvalue weighted by molar-refractivity contribution is -0.149. The summed E-state index contributed by atoms with van der Waals surface area (Å²) >= 11 is 0. The number of nitrogens with zero attached hydrogens (tertiary/aromatic N) is 3. The Labute approximate surface area is 156 Å². The van der Waals surface area contributed by atoms with Gasteiger partial charge in [0.15, 0.2) is 6.61 Å². The highest BCUT2D eigenvalue weighted by Gasteiger charge is 2.37. The van der Waals surface area contributed by atoms with Crippen molar-refractivity contribution in [1.82, 2.24) is 10.1 Å². The van der Waals surface area contributed by atoms with Gasteiger partial charge in [-0.05, 0) is 55.4 Å². The van der Waals surface area contributed by atoms with Gasteiger partial charge in [-0.15, -0.1) is 0 Å². The molecule has 0 N–H and O–H groups in total. The number of benzene rings is 1. The topological polar surface area (TPSA) is 85.5 Å². The number of ether oxygens (including phenoxy) is 1. The number of carbonyl (C=O) groups excluding carboxylic acids is 2. The Morgan fingerprint density at radius 2 is 2.11 bits per heavy atom. The molecule has 2 heterocycles. The van der Waals surface area contributed by atoms with Crippen LogP contribution in [-0.4, -0.2) is 28.6 Å². The quantitative estimate of drug-likeness (QED) is 0.755. The van der Waals surface area contributed by atoms with Gasteiger partial charge in [-0.2, -0.15) is 4.98 Å². The largest absolute Gasteiger partial charge is 0.457 e. The zero-order valence-electron chi connectivity index (χ0n) is 15.0. The van der Waals surface area contributed by atoms with Crippen LogP contribution in [-0.2, 0) is 33.8 Å². The number of fused-ring (bicyclic) bond motifs is 1. The fraction of sp³-hybridized carbons (Fsp3) is 0.500. The van der Waals surface area contributed by atoms with E-state index in [1.165, 1.54) is 17.5 Å². The molecule has 0 spiro atoms. The average Bonchev–Trinajstić information content (AvgIpc) is 3.08. The minimum absolute atomic E-state index is 0.0153. The van der Waals surface area contributed by atoms with Gasteiger partial charge in [-0.3, -0.25) is 9.59 Å². The summed E-state index contributed by atoms with van der Waals surface area (Å²) in [6, 6.07) is 6.17. The van der Waals surface area contributed by atoms with Crippen LogP contribution in [0.15, 0.2) is 22.7 Å². The van der Waals surface area contributed by atoms with Gasteiger partial charge in [0.2, 0.25) is 17.6 Å². The van der Waals surface area contributed by atoms with Crippen LogP contribution in [0.2, 0.25) is 0 Å². The normalized spacial score (nSPS) is 21.6. The first kappa shape index (κ1) is 16.5. The van der Waals surface area contributed by atoms with Crippen LogP contribution < -0.4 is 4.90 Å². The Morgan fingerprint density at radius 3 is 2.96 bits per heavy atom. The maximum Gasteiger partial charge on any atom is 0.311 e. The SMILES string of the molecule is O=C(OCc1noc(C2CC2)n1)[C@@H]1CC(=O)N(c2ccc3c(c2)CCC3)C1. The molecule has 1 saturated heterocycles. The summed E-state index contributed by atoms with van der Waals surface area (Å²) in [5, 5.41) is 3.85. The van der Waals surface area contributed by atoms with Crippen molar-refractivity contribution in [2.45, 2.75) is 51.0 Å². The molecule has 1 amide bonds. The van der Waals surface area contributed by atoms with Crippen molar-refractivity contribution in [3.8, 4) is 0 Å². The Kier molecular flexibility index (Phi) is 3.95. The van der Waals surface area contributed by atoms with E-state index in [4.69, 9.17) is 9.26 Å². The molecule has 0 radical (unpaired) electrons. The summed E-state index contributed by atoms with van der Waals surface area (Å²) in [6.07, 6.45) is 5.66. The van der Waals surface area contributed by atoms with E-state index < -0.39 is 5.92 Å². The van der Waals surface area contributed by atoms with Crippen LogP contribution in [0.4, 0.5) is 5.69 Å². The lowest BCUT2D eigenvalue weighted by Gasteiger charge is -2.17. The fourth-order valence-electron chi connectivity index (χ4n) is 3.92. The highest BCUT2D eigenvalue weighted by atomic mass is 16.5. The Morgan fingerprint density at radius 1 is 1.26 bits per heavy atom. The number of carbonyl (C=O) groups is 2. The second-order valence-electron chi connectivity index (χ2n) is 7.64. The van der Waals surface area contributed by atoms with Crippen molar-refractivity contribution in [3.05, 3.63) is 41.0 Å². The number of aromatic nitrogens is 2. The molecule has 1 atom stereocenters. The van der Waals surface area contributed by atoms with Crippen LogP contribution in [0.5, 0.6) is 0 Å². The van der Waals surface area contributed by atoms with Gasteiger partial charge in [0.25, 0.3) is 0 Å². The molecule has 2 aromatic rings. The first-order chi connectivity index (χ1) is 13.2. The third-order valence-electron chi connectivity index (χ3n) is 5.61. The molecule has 7 heteroatoms. The lowest BCUT2D eigenvalue weighted by atomic mass is 10.1. The molecule has 2 fully saturated rings. The van der Waals surface area contributed by atoms with Crippen molar-refractivity contribution in [2.24, 2.45) is 5.92 Å². The molecule has 140 valence electrons. The van der Waals surface area contributed by atoms with Crippen LogP contribution in [0, 0.1) is 5.92 Å². The summed E-state index contributed by atoms with van der Waals surface area (Å²) in [5.74, 6) is 0.496. The summed E-state index contributed by atoms with van der Waals surface area (Å²) in [5.41, 5.74) is 3.56. The maximum atomic E-state index is 12.4. The average molecular weight is 367 g/mol. The minimum Gasteiger partial charge on any atom is -0.457 e. The maximum absolute atomic E-state index is 12.4. The number of anilines is 1. The number of hydrogen-bond donors (Lipinski definition) is 0. The van der Waals surface area contributed by atoms with Gasteiger partial charge in [0, 0.05) is 24.6 Å². The van der Waals surface area contributed by atoms with Crippen LogP contribution in [0.3, 0.4) is 0 Å². The minimum atomic E-state index is -0.458. The van der Waals surface area contributed by atoms with Gasteiger partial charge in [0.05, 0.1) is 5.92 Å². The van der Waals surface area contributed by atoms with E-state index in [-0.39, 0.29) is 24.9 Å². The molecule has 3 aliphatic rings. The number of hydrogen-bond acceptors (Lipinski definition) is 6.